The van der Waals surface area contributed by atoms with E-state index >= 15 is 0 Å². The second-order valence-electron chi connectivity index (χ2n) is 3.78. The lowest BCUT2D eigenvalue weighted by Gasteiger charge is -1.99. The number of carbonyl (C=O) groups excluding carboxylic acids is 1. The summed E-state index contributed by atoms with van der Waals surface area (Å²) in [7, 11) is 0. The predicted molar refractivity (Wildman–Crippen MR) is 70.2 cm³/mol. The van der Waals surface area contributed by atoms with Crippen molar-refractivity contribution in [3.05, 3.63) is 34.0 Å². The van der Waals surface area contributed by atoms with Crippen LogP contribution in [0.1, 0.15) is 39.9 Å². The molecule has 16 heavy (non-hydrogen) atoms. The van der Waals surface area contributed by atoms with Gasteiger partial charge in [-0.15, -0.1) is 17.9 Å². The Labute approximate surface area is 101 Å². The SMILES string of the molecule is C=CCCNC(=O)c1cc(CCC)c(C)s1. The lowest BCUT2D eigenvalue weighted by atomic mass is 10.1. The van der Waals surface area contributed by atoms with Gasteiger partial charge >= 0.3 is 0 Å². The first kappa shape index (κ1) is 13.0. The van der Waals surface area contributed by atoms with Crippen molar-refractivity contribution < 1.29 is 4.79 Å². The van der Waals surface area contributed by atoms with Crippen LogP contribution in [0.15, 0.2) is 18.7 Å². The standard InChI is InChI=1S/C13H19NOS/c1-4-6-8-14-13(15)12-9-11(7-5-2)10(3)16-12/h4,9H,1,5-8H2,2-3H3,(H,14,15). The molecule has 88 valence electrons. The molecule has 0 bridgehead atoms. The maximum atomic E-state index is 11.8. The summed E-state index contributed by atoms with van der Waals surface area (Å²) in [5.74, 6) is 0.0392. The zero-order valence-corrected chi connectivity index (χ0v) is 10.8. The third-order valence-corrected chi connectivity index (χ3v) is 3.49. The van der Waals surface area contributed by atoms with E-state index in [0.717, 1.165) is 24.1 Å². The van der Waals surface area contributed by atoms with E-state index in [2.05, 4.69) is 25.7 Å². The number of amides is 1. The van der Waals surface area contributed by atoms with Gasteiger partial charge in [-0.1, -0.05) is 19.4 Å². The monoisotopic (exact) mass is 237 g/mol. The Kier molecular flexibility index (Phi) is 5.26. The molecular weight excluding hydrogens is 218 g/mol. The van der Waals surface area contributed by atoms with Crippen molar-refractivity contribution in [3.63, 3.8) is 0 Å². The third-order valence-electron chi connectivity index (χ3n) is 2.40. The zero-order valence-electron chi connectivity index (χ0n) is 10.0. The highest BCUT2D eigenvalue weighted by atomic mass is 32.1. The largest absolute Gasteiger partial charge is 0.351 e. The Morgan fingerprint density at radius 3 is 3.00 bits per heavy atom. The van der Waals surface area contributed by atoms with Crippen molar-refractivity contribution in [1.29, 1.82) is 0 Å². The van der Waals surface area contributed by atoms with Gasteiger partial charge in [-0.25, -0.2) is 0 Å². The number of hydrogen-bond donors (Lipinski definition) is 1. The second-order valence-corrected chi connectivity index (χ2v) is 5.03. The molecule has 2 nitrogen and oxygen atoms in total. The minimum atomic E-state index is 0.0392. The van der Waals surface area contributed by atoms with E-state index in [-0.39, 0.29) is 5.91 Å². The molecule has 3 heteroatoms. The summed E-state index contributed by atoms with van der Waals surface area (Å²) in [5, 5.41) is 2.88. The summed E-state index contributed by atoms with van der Waals surface area (Å²) in [4.78, 5) is 13.8. The fourth-order valence-corrected chi connectivity index (χ4v) is 2.51. The molecule has 0 aliphatic carbocycles. The summed E-state index contributed by atoms with van der Waals surface area (Å²) < 4.78 is 0. The molecule has 1 aromatic rings. The van der Waals surface area contributed by atoms with E-state index in [1.165, 1.54) is 10.4 Å². The van der Waals surface area contributed by atoms with Gasteiger partial charge in [-0.05, 0) is 31.4 Å². The molecule has 0 fully saturated rings. The first-order chi connectivity index (χ1) is 7.69. The van der Waals surface area contributed by atoms with Gasteiger partial charge in [-0.2, -0.15) is 0 Å². The van der Waals surface area contributed by atoms with Crippen LogP contribution < -0.4 is 5.32 Å². The normalized spacial score (nSPS) is 10.1. The van der Waals surface area contributed by atoms with Gasteiger partial charge in [0.15, 0.2) is 0 Å². The minimum Gasteiger partial charge on any atom is -0.351 e. The predicted octanol–water partition coefficient (Wildman–Crippen LogP) is 3.31. The summed E-state index contributed by atoms with van der Waals surface area (Å²) in [6, 6.07) is 2.02. The van der Waals surface area contributed by atoms with Crippen LogP contribution in [0, 0.1) is 6.92 Å². The van der Waals surface area contributed by atoms with Crippen LogP contribution in [0.25, 0.3) is 0 Å². The summed E-state index contributed by atoms with van der Waals surface area (Å²) in [6.45, 7) is 8.53. The van der Waals surface area contributed by atoms with Crippen molar-refractivity contribution in [2.75, 3.05) is 6.54 Å². The molecule has 1 N–H and O–H groups in total. The molecule has 1 amide bonds. The second kappa shape index (κ2) is 6.48. The van der Waals surface area contributed by atoms with E-state index in [9.17, 15) is 4.79 Å². The van der Waals surface area contributed by atoms with Crippen LogP contribution in [-0.2, 0) is 6.42 Å². The van der Waals surface area contributed by atoms with E-state index in [1.54, 1.807) is 11.3 Å². The van der Waals surface area contributed by atoms with E-state index in [0.29, 0.717) is 6.54 Å². The summed E-state index contributed by atoms with van der Waals surface area (Å²) in [6.07, 6.45) is 4.80. The van der Waals surface area contributed by atoms with Gasteiger partial charge in [-0.3, -0.25) is 4.79 Å². The van der Waals surface area contributed by atoms with Crippen LogP contribution in [0.2, 0.25) is 0 Å². The smallest absolute Gasteiger partial charge is 0.261 e. The molecule has 0 aliphatic rings. The van der Waals surface area contributed by atoms with Crippen molar-refractivity contribution in [1.82, 2.24) is 5.32 Å². The molecule has 0 aliphatic heterocycles. The number of nitrogens with one attached hydrogen (secondary N) is 1. The van der Waals surface area contributed by atoms with Gasteiger partial charge < -0.3 is 5.32 Å². The lowest BCUT2D eigenvalue weighted by Crippen LogP contribution is -2.23. The Morgan fingerprint density at radius 2 is 2.38 bits per heavy atom. The Hall–Kier alpha value is -1.09. The van der Waals surface area contributed by atoms with Crippen molar-refractivity contribution in [2.24, 2.45) is 0 Å². The van der Waals surface area contributed by atoms with Crippen molar-refractivity contribution in [2.45, 2.75) is 33.1 Å². The molecule has 0 saturated heterocycles. The number of aryl methyl sites for hydroxylation is 2. The average Bonchev–Trinajstić information content (AvgIpc) is 2.61. The maximum absolute atomic E-state index is 11.8. The molecule has 1 aromatic heterocycles. The molecule has 0 spiro atoms. The summed E-state index contributed by atoms with van der Waals surface area (Å²) in [5.41, 5.74) is 1.31. The van der Waals surface area contributed by atoms with Gasteiger partial charge in [0.1, 0.15) is 0 Å². The molecule has 0 aromatic carbocycles. The lowest BCUT2D eigenvalue weighted by molar-refractivity contribution is 0.0958. The Balaban J connectivity index is 2.61. The Morgan fingerprint density at radius 1 is 1.62 bits per heavy atom. The van der Waals surface area contributed by atoms with Crippen LogP contribution in [0.5, 0.6) is 0 Å². The molecule has 1 rings (SSSR count). The van der Waals surface area contributed by atoms with Gasteiger partial charge in [0.2, 0.25) is 0 Å². The quantitative estimate of drug-likeness (QED) is 0.597. The molecule has 0 saturated carbocycles. The first-order valence-electron chi connectivity index (χ1n) is 5.67. The van der Waals surface area contributed by atoms with E-state index < -0.39 is 0 Å². The highest BCUT2D eigenvalue weighted by Crippen LogP contribution is 2.22. The van der Waals surface area contributed by atoms with Crippen molar-refractivity contribution >= 4 is 17.2 Å². The topological polar surface area (TPSA) is 29.1 Å². The fourth-order valence-electron chi connectivity index (χ4n) is 1.52. The first-order valence-corrected chi connectivity index (χ1v) is 6.49. The van der Waals surface area contributed by atoms with Crippen LogP contribution in [0.3, 0.4) is 0 Å². The fraction of sp³-hybridized carbons (Fsp3) is 0.462. The number of hydrogen-bond acceptors (Lipinski definition) is 2. The molecular formula is C13H19NOS. The van der Waals surface area contributed by atoms with Gasteiger partial charge in [0, 0.05) is 11.4 Å². The van der Waals surface area contributed by atoms with Crippen LogP contribution >= 0.6 is 11.3 Å². The number of thiophene rings is 1. The highest BCUT2D eigenvalue weighted by Gasteiger charge is 2.10. The van der Waals surface area contributed by atoms with Crippen molar-refractivity contribution in [3.8, 4) is 0 Å². The van der Waals surface area contributed by atoms with Gasteiger partial charge in [0.05, 0.1) is 4.88 Å². The third kappa shape index (κ3) is 3.49. The molecule has 0 unspecified atom stereocenters. The van der Waals surface area contributed by atoms with E-state index in [1.807, 2.05) is 12.1 Å². The molecule has 1 heterocycles. The Bertz CT molecular complexity index is 368. The van der Waals surface area contributed by atoms with Crippen LogP contribution in [0.4, 0.5) is 0 Å². The van der Waals surface area contributed by atoms with Gasteiger partial charge in [0.25, 0.3) is 5.91 Å². The number of carbonyl (C=O) groups is 1. The molecule has 0 atom stereocenters. The zero-order chi connectivity index (χ0) is 12.0. The average molecular weight is 237 g/mol. The summed E-state index contributed by atoms with van der Waals surface area (Å²) >= 11 is 1.58. The minimum absolute atomic E-state index is 0.0392. The highest BCUT2D eigenvalue weighted by molar-refractivity contribution is 7.14. The molecule has 0 radical (unpaired) electrons. The van der Waals surface area contributed by atoms with Crippen LogP contribution in [-0.4, -0.2) is 12.5 Å². The van der Waals surface area contributed by atoms with E-state index in [4.69, 9.17) is 0 Å². The number of rotatable bonds is 6. The maximum Gasteiger partial charge on any atom is 0.261 e.